The topological polar surface area (TPSA) is 92.1 Å². The number of benzene rings is 1. The fourth-order valence-electron chi connectivity index (χ4n) is 2.70. The summed E-state index contributed by atoms with van der Waals surface area (Å²) in [4.78, 5) is 14.1. The Kier molecular flexibility index (Phi) is 7.07. The maximum absolute atomic E-state index is 4.30. The van der Waals surface area contributed by atoms with E-state index in [1.54, 1.807) is 24.3 Å². The third kappa shape index (κ3) is 5.35. The van der Waals surface area contributed by atoms with Crippen molar-refractivity contribution in [2.24, 2.45) is 12.0 Å². The van der Waals surface area contributed by atoms with Crippen LogP contribution in [-0.2, 0) is 7.05 Å². The molecule has 28 heavy (non-hydrogen) atoms. The fraction of sp³-hybridized carbons (Fsp3) is 0.368. The van der Waals surface area contributed by atoms with Crippen LogP contribution in [0.5, 0.6) is 0 Å². The van der Waals surface area contributed by atoms with Crippen molar-refractivity contribution in [3.63, 3.8) is 0 Å². The van der Waals surface area contributed by atoms with Gasteiger partial charge in [0.25, 0.3) is 0 Å². The van der Waals surface area contributed by atoms with Gasteiger partial charge in [0.1, 0.15) is 12.1 Å². The first-order valence-electron chi connectivity index (χ1n) is 9.20. The molecule has 0 saturated carbocycles. The Bertz CT molecular complexity index is 909. The van der Waals surface area contributed by atoms with E-state index in [-0.39, 0.29) is 0 Å². The Morgan fingerprint density at radius 1 is 1.18 bits per heavy atom. The van der Waals surface area contributed by atoms with Crippen molar-refractivity contribution in [3.05, 3.63) is 42.9 Å². The van der Waals surface area contributed by atoms with Crippen LogP contribution in [0, 0.1) is 0 Å². The van der Waals surface area contributed by atoms with E-state index < -0.39 is 0 Å². The zero-order valence-corrected chi connectivity index (χ0v) is 17.2. The second-order valence-corrected chi connectivity index (χ2v) is 7.79. The average molecular weight is 399 g/mol. The van der Waals surface area contributed by atoms with Crippen LogP contribution in [-0.4, -0.2) is 57.6 Å². The lowest BCUT2D eigenvalue weighted by Gasteiger charge is -2.16. The Labute approximate surface area is 169 Å². The van der Waals surface area contributed by atoms with Gasteiger partial charge in [-0.05, 0) is 12.1 Å². The molecule has 3 aromatic rings. The van der Waals surface area contributed by atoms with Crippen molar-refractivity contribution >= 4 is 34.6 Å². The number of guanidine groups is 1. The highest BCUT2D eigenvalue weighted by Gasteiger charge is 2.08. The second kappa shape index (κ2) is 9.93. The molecule has 0 aliphatic heterocycles. The Hall–Kier alpha value is -2.81. The van der Waals surface area contributed by atoms with Gasteiger partial charge in [-0.25, -0.2) is 9.97 Å². The monoisotopic (exact) mass is 398 g/mol. The number of nitrogens with one attached hydrogen (secondary N) is 3. The summed E-state index contributed by atoms with van der Waals surface area (Å²) in [6.45, 7) is 4.45. The van der Waals surface area contributed by atoms with Crippen molar-refractivity contribution in [3.8, 4) is 0 Å². The lowest BCUT2D eigenvalue weighted by atomic mass is 10.4. The molecule has 9 heteroatoms. The first kappa shape index (κ1) is 19.9. The number of hydrogen-bond donors (Lipinski definition) is 3. The smallest absolute Gasteiger partial charge is 0.191 e. The van der Waals surface area contributed by atoms with E-state index in [0.717, 1.165) is 29.4 Å². The summed E-state index contributed by atoms with van der Waals surface area (Å²) in [6.07, 6.45) is 3.32. The molecule has 0 aliphatic rings. The number of aromatic nitrogens is 4. The molecule has 3 rings (SSSR count). The number of rotatable bonds is 8. The highest BCUT2D eigenvalue weighted by atomic mass is 32.2. The first-order valence-corrected chi connectivity index (χ1v) is 10.1. The fourth-order valence-corrected chi connectivity index (χ4v) is 3.64. The van der Waals surface area contributed by atoms with Crippen LogP contribution in [0.1, 0.15) is 6.92 Å². The van der Waals surface area contributed by atoms with E-state index in [9.17, 15) is 0 Å². The van der Waals surface area contributed by atoms with Crippen LogP contribution in [0.15, 0.2) is 52.7 Å². The van der Waals surface area contributed by atoms with Gasteiger partial charge in [0.15, 0.2) is 11.6 Å². The minimum atomic E-state index is 0.430. The summed E-state index contributed by atoms with van der Waals surface area (Å²) in [5.74, 6) is 1.58. The largest absolute Gasteiger partial charge is 0.368 e. The SMILES string of the molecule is CN=C(NCCNc1ncnc2c1cnn2C)NCC(C)Sc1ccccc1. The zero-order chi connectivity index (χ0) is 19.8. The molecule has 0 bridgehead atoms. The maximum Gasteiger partial charge on any atom is 0.191 e. The molecular weight excluding hydrogens is 372 g/mol. The van der Waals surface area contributed by atoms with Crippen LogP contribution in [0.4, 0.5) is 5.82 Å². The lowest BCUT2D eigenvalue weighted by Crippen LogP contribution is -2.41. The molecule has 1 atom stereocenters. The number of aliphatic imine (C=N–C) groups is 1. The van der Waals surface area contributed by atoms with Crippen LogP contribution in [0.25, 0.3) is 11.0 Å². The summed E-state index contributed by atoms with van der Waals surface area (Å²) in [6, 6.07) is 10.4. The van der Waals surface area contributed by atoms with Crippen LogP contribution in [0.3, 0.4) is 0 Å². The Morgan fingerprint density at radius 3 is 2.79 bits per heavy atom. The molecule has 0 amide bonds. The average Bonchev–Trinajstić information content (AvgIpc) is 3.10. The van der Waals surface area contributed by atoms with Gasteiger partial charge in [-0.1, -0.05) is 25.1 Å². The molecule has 0 spiro atoms. The molecule has 3 N–H and O–H groups in total. The molecule has 0 saturated heterocycles. The summed E-state index contributed by atoms with van der Waals surface area (Å²) < 4.78 is 1.74. The van der Waals surface area contributed by atoms with Crippen molar-refractivity contribution in [1.29, 1.82) is 0 Å². The van der Waals surface area contributed by atoms with Gasteiger partial charge >= 0.3 is 0 Å². The van der Waals surface area contributed by atoms with E-state index >= 15 is 0 Å². The lowest BCUT2D eigenvalue weighted by molar-refractivity contribution is 0.785. The molecule has 0 radical (unpaired) electrons. The molecule has 2 heterocycles. The van der Waals surface area contributed by atoms with Gasteiger partial charge in [0.05, 0.1) is 11.6 Å². The number of hydrogen-bond acceptors (Lipinski definition) is 6. The molecule has 8 nitrogen and oxygen atoms in total. The summed E-state index contributed by atoms with van der Waals surface area (Å²) >= 11 is 1.85. The van der Waals surface area contributed by atoms with Crippen LogP contribution >= 0.6 is 11.8 Å². The number of nitrogens with zero attached hydrogens (tertiary/aromatic N) is 5. The first-order chi connectivity index (χ1) is 13.7. The summed E-state index contributed by atoms with van der Waals surface area (Å²) in [7, 11) is 3.65. The third-order valence-corrected chi connectivity index (χ3v) is 5.21. The van der Waals surface area contributed by atoms with E-state index in [1.165, 1.54) is 4.90 Å². The van der Waals surface area contributed by atoms with Gasteiger partial charge in [0.2, 0.25) is 0 Å². The highest BCUT2D eigenvalue weighted by Crippen LogP contribution is 2.21. The van der Waals surface area contributed by atoms with Crippen molar-refractivity contribution in [2.75, 3.05) is 32.0 Å². The summed E-state index contributed by atoms with van der Waals surface area (Å²) in [5.41, 5.74) is 0.813. The highest BCUT2D eigenvalue weighted by molar-refractivity contribution is 8.00. The molecule has 0 fully saturated rings. The second-order valence-electron chi connectivity index (χ2n) is 6.28. The maximum atomic E-state index is 4.30. The van der Waals surface area contributed by atoms with Gasteiger partial charge in [-0.3, -0.25) is 9.67 Å². The standard InChI is InChI=1S/C19H26N8S/c1-14(28-15-7-5-4-6-8-15)11-23-19(20-2)22-10-9-21-17-16-12-26-27(3)18(16)25-13-24-17/h4-8,12-14H,9-11H2,1-3H3,(H2,20,22,23)(H,21,24,25). The molecule has 1 aromatic carbocycles. The predicted octanol–water partition coefficient (Wildman–Crippen LogP) is 2.12. The van der Waals surface area contributed by atoms with Gasteiger partial charge in [-0.2, -0.15) is 5.10 Å². The van der Waals surface area contributed by atoms with E-state index in [4.69, 9.17) is 0 Å². The number of anilines is 1. The van der Waals surface area contributed by atoms with Crippen molar-refractivity contribution < 1.29 is 0 Å². The molecule has 1 unspecified atom stereocenters. The van der Waals surface area contributed by atoms with Crippen molar-refractivity contribution in [2.45, 2.75) is 17.1 Å². The molecule has 2 aromatic heterocycles. The number of fused-ring (bicyclic) bond motifs is 1. The normalized spacial score (nSPS) is 12.8. The number of aryl methyl sites for hydroxylation is 1. The zero-order valence-electron chi connectivity index (χ0n) is 16.4. The van der Waals surface area contributed by atoms with E-state index in [0.29, 0.717) is 18.3 Å². The quantitative estimate of drug-likeness (QED) is 0.232. The van der Waals surface area contributed by atoms with Crippen molar-refractivity contribution in [1.82, 2.24) is 30.4 Å². The van der Waals surface area contributed by atoms with E-state index in [2.05, 4.69) is 67.2 Å². The minimum absolute atomic E-state index is 0.430. The molecule has 148 valence electrons. The van der Waals surface area contributed by atoms with Crippen LogP contribution in [0.2, 0.25) is 0 Å². The predicted molar refractivity (Wildman–Crippen MR) is 116 cm³/mol. The molecule has 0 aliphatic carbocycles. The number of thioether (sulfide) groups is 1. The van der Waals surface area contributed by atoms with Crippen LogP contribution < -0.4 is 16.0 Å². The van der Waals surface area contributed by atoms with E-state index in [1.807, 2.05) is 24.9 Å². The van der Waals surface area contributed by atoms with Gasteiger partial charge in [-0.15, -0.1) is 11.8 Å². The Balaban J connectivity index is 1.40. The Morgan fingerprint density at radius 2 is 2.00 bits per heavy atom. The molecular formula is C19H26N8S. The summed E-state index contributed by atoms with van der Waals surface area (Å²) in [5, 5.41) is 15.6. The van der Waals surface area contributed by atoms with Gasteiger partial charge in [0, 0.05) is 43.9 Å². The van der Waals surface area contributed by atoms with Gasteiger partial charge < -0.3 is 16.0 Å². The minimum Gasteiger partial charge on any atom is -0.368 e. The third-order valence-electron chi connectivity index (χ3n) is 4.10.